The third kappa shape index (κ3) is 7.11. The maximum absolute atomic E-state index is 11.9. The van der Waals surface area contributed by atoms with Crippen LogP contribution >= 0.6 is 0 Å². The minimum Gasteiger partial charge on any atom is -0.399 e. The molecule has 0 heterocycles. The number of ether oxygens (including phenoxy) is 1. The average molecular weight is 293 g/mol. The number of carbonyl (C=O) groups excluding carboxylic acids is 1. The highest BCUT2D eigenvalue weighted by molar-refractivity contribution is 5.91. The third-order valence-electron chi connectivity index (χ3n) is 3.17. The van der Waals surface area contributed by atoms with Crippen molar-refractivity contribution >= 4 is 17.3 Å². The zero-order chi connectivity index (χ0) is 15.8. The molecule has 1 aromatic carbocycles. The summed E-state index contributed by atoms with van der Waals surface area (Å²) in [5.41, 5.74) is 8.19. The Morgan fingerprint density at radius 1 is 1.38 bits per heavy atom. The summed E-state index contributed by atoms with van der Waals surface area (Å²) in [6, 6.07) is 5.48. The van der Waals surface area contributed by atoms with E-state index in [1.165, 1.54) is 0 Å². The van der Waals surface area contributed by atoms with E-state index in [4.69, 9.17) is 10.5 Å². The fraction of sp³-hybridized carbons (Fsp3) is 0.562. The van der Waals surface area contributed by atoms with Crippen molar-refractivity contribution in [3.63, 3.8) is 0 Å². The highest BCUT2D eigenvalue weighted by Crippen LogP contribution is 2.17. The molecule has 0 aliphatic carbocycles. The van der Waals surface area contributed by atoms with E-state index in [9.17, 15) is 4.79 Å². The Morgan fingerprint density at radius 2 is 2.10 bits per heavy atom. The first-order valence-corrected chi connectivity index (χ1v) is 7.34. The van der Waals surface area contributed by atoms with Crippen LogP contribution in [0.3, 0.4) is 0 Å². The highest BCUT2D eigenvalue weighted by atomic mass is 16.5. The van der Waals surface area contributed by atoms with E-state index in [-0.39, 0.29) is 12.0 Å². The number of amides is 1. The first-order chi connectivity index (χ1) is 9.88. The van der Waals surface area contributed by atoms with Gasteiger partial charge in [-0.25, -0.2) is 0 Å². The topological polar surface area (TPSA) is 67.6 Å². The normalized spacial score (nSPS) is 11.1. The second-order valence-electron chi connectivity index (χ2n) is 5.60. The quantitative estimate of drug-likeness (QED) is 0.722. The van der Waals surface area contributed by atoms with E-state index >= 15 is 0 Å². The molecule has 0 fully saturated rings. The summed E-state index contributed by atoms with van der Waals surface area (Å²) in [5, 5.41) is 2.91. The standard InChI is InChI=1S/C16H27N3O2/c1-12(2)21-10-9-19(4)8-7-16(20)18-15-6-5-14(17)11-13(15)3/h5-6,11-12H,7-10,17H2,1-4H3,(H,18,20). The van der Waals surface area contributed by atoms with Gasteiger partial charge in [-0.3, -0.25) is 4.79 Å². The van der Waals surface area contributed by atoms with Crippen LogP contribution in [0.25, 0.3) is 0 Å². The van der Waals surface area contributed by atoms with Crippen LogP contribution in [0.4, 0.5) is 11.4 Å². The Labute approximate surface area is 127 Å². The van der Waals surface area contributed by atoms with Gasteiger partial charge in [0.25, 0.3) is 0 Å². The minimum atomic E-state index is 0.0134. The Bertz CT molecular complexity index is 461. The van der Waals surface area contributed by atoms with Crippen molar-refractivity contribution in [3.8, 4) is 0 Å². The molecular formula is C16H27N3O2. The van der Waals surface area contributed by atoms with Crippen molar-refractivity contribution in [2.24, 2.45) is 0 Å². The van der Waals surface area contributed by atoms with E-state index in [2.05, 4.69) is 10.2 Å². The van der Waals surface area contributed by atoms with Gasteiger partial charge in [-0.1, -0.05) is 0 Å². The molecular weight excluding hydrogens is 266 g/mol. The summed E-state index contributed by atoms with van der Waals surface area (Å²) in [7, 11) is 1.99. The monoisotopic (exact) mass is 293 g/mol. The van der Waals surface area contributed by atoms with Crippen LogP contribution < -0.4 is 11.1 Å². The molecule has 21 heavy (non-hydrogen) atoms. The molecule has 0 radical (unpaired) electrons. The van der Waals surface area contributed by atoms with Gasteiger partial charge in [0.05, 0.1) is 12.7 Å². The molecule has 1 aromatic rings. The first kappa shape index (κ1) is 17.5. The molecule has 0 bridgehead atoms. The fourth-order valence-electron chi connectivity index (χ4n) is 1.89. The maximum atomic E-state index is 11.9. The van der Waals surface area contributed by atoms with Crippen molar-refractivity contribution < 1.29 is 9.53 Å². The lowest BCUT2D eigenvalue weighted by Crippen LogP contribution is -2.28. The molecule has 5 heteroatoms. The number of carbonyl (C=O) groups is 1. The molecule has 0 atom stereocenters. The van der Waals surface area contributed by atoms with Crippen molar-refractivity contribution in [1.29, 1.82) is 0 Å². The summed E-state index contributed by atoms with van der Waals surface area (Å²) in [6.45, 7) is 8.19. The van der Waals surface area contributed by atoms with Gasteiger partial charge >= 0.3 is 0 Å². The molecule has 0 unspecified atom stereocenters. The number of nitrogens with zero attached hydrogens (tertiary/aromatic N) is 1. The van der Waals surface area contributed by atoms with Crippen LogP contribution in [0.5, 0.6) is 0 Å². The van der Waals surface area contributed by atoms with Crippen LogP contribution in [0.15, 0.2) is 18.2 Å². The smallest absolute Gasteiger partial charge is 0.225 e. The fourth-order valence-corrected chi connectivity index (χ4v) is 1.89. The van der Waals surface area contributed by atoms with Crippen molar-refractivity contribution in [3.05, 3.63) is 23.8 Å². The Morgan fingerprint density at radius 3 is 2.71 bits per heavy atom. The lowest BCUT2D eigenvalue weighted by atomic mass is 10.2. The van der Waals surface area contributed by atoms with Gasteiger partial charge in [0.15, 0.2) is 0 Å². The second-order valence-corrected chi connectivity index (χ2v) is 5.60. The molecule has 0 aliphatic heterocycles. The Kier molecular flexibility index (Phi) is 7.19. The van der Waals surface area contributed by atoms with E-state index in [1.54, 1.807) is 6.07 Å². The van der Waals surface area contributed by atoms with Crippen LogP contribution in [0.2, 0.25) is 0 Å². The van der Waals surface area contributed by atoms with Crippen LogP contribution in [0, 0.1) is 6.92 Å². The average Bonchev–Trinajstić information content (AvgIpc) is 2.39. The number of benzene rings is 1. The van der Waals surface area contributed by atoms with Gasteiger partial charge in [0.1, 0.15) is 0 Å². The predicted octanol–water partition coefficient (Wildman–Crippen LogP) is 2.26. The maximum Gasteiger partial charge on any atom is 0.225 e. The number of likely N-dealkylation sites (N-methyl/N-ethyl adjacent to an activating group) is 1. The lowest BCUT2D eigenvalue weighted by molar-refractivity contribution is -0.116. The van der Waals surface area contributed by atoms with E-state index in [1.807, 2.05) is 40.0 Å². The van der Waals surface area contributed by atoms with Crippen molar-refractivity contribution in [1.82, 2.24) is 4.90 Å². The highest BCUT2D eigenvalue weighted by Gasteiger charge is 2.07. The summed E-state index contributed by atoms with van der Waals surface area (Å²) in [6.07, 6.45) is 0.706. The number of nitrogens with two attached hydrogens (primary N) is 1. The van der Waals surface area contributed by atoms with Gasteiger partial charge in [0, 0.05) is 30.9 Å². The minimum absolute atomic E-state index is 0.0134. The summed E-state index contributed by atoms with van der Waals surface area (Å²) in [4.78, 5) is 14.0. The van der Waals surface area contributed by atoms with Crippen molar-refractivity contribution in [2.75, 3.05) is 37.8 Å². The second kappa shape index (κ2) is 8.64. The van der Waals surface area contributed by atoms with E-state index in [0.29, 0.717) is 25.3 Å². The zero-order valence-corrected chi connectivity index (χ0v) is 13.5. The number of hydrogen-bond donors (Lipinski definition) is 2. The van der Waals surface area contributed by atoms with Crippen molar-refractivity contribution in [2.45, 2.75) is 33.3 Å². The number of nitrogens with one attached hydrogen (secondary N) is 1. The molecule has 0 saturated carbocycles. The van der Waals surface area contributed by atoms with E-state index in [0.717, 1.165) is 17.8 Å². The SMILES string of the molecule is Cc1cc(N)ccc1NC(=O)CCN(C)CCOC(C)C. The van der Waals surface area contributed by atoms with Gasteiger partial charge < -0.3 is 20.7 Å². The number of hydrogen-bond acceptors (Lipinski definition) is 4. The Hall–Kier alpha value is -1.59. The lowest BCUT2D eigenvalue weighted by Gasteiger charge is -2.17. The van der Waals surface area contributed by atoms with Gasteiger partial charge in [-0.15, -0.1) is 0 Å². The predicted molar refractivity (Wildman–Crippen MR) is 87.4 cm³/mol. The molecule has 1 amide bonds. The van der Waals surface area contributed by atoms with Gasteiger partial charge in [-0.2, -0.15) is 0 Å². The van der Waals surface area contributed by atoms with Crippen LogP contribution in [-0.2, 0) is 9.53 Å². The molecule has 0 aromatic heterocycles. The number of aryl methyl sites for hydroxylation is 1. The van der Waals surface area contributed by atoms with Gasteiger partial charge in [-0.05, 0) is 51.6 Å². The molecule has 0 spiro atoms. The molecule has 1 rings (SSSR count). The van der Waals surface area contributed by atoms with Gasteiger partial charge in [0.2, 0.25) is 5.91 Å². The number of rotatable bonds is 8. The Balaban J connectivity index is 2.30. The summed E-state index contributed by atoms with van der Waals surface area (Å²) in [5.74, 6) is 0.0134. The molecule has 0 saturated heterocycles. The number of nitrogen functional groups attached to an aromatic ring is 1. The first-order valence-electron chi connectivity index (χ1n) is 7.34. The van der Waals surface area contributed by atoms with Crippen LogP contribution in [-0.4, -0.2) is 43.7 Å². The molecule has 118 valence electrons. The molecule has 0 aliphatic rings. The third-order valence-corrected chi connectivity index (χ3v) is 3.17. The summed E-state index contributed by atoms with van der Waals surface area (Å²) >= 11 is 0. The van der Waals surface area contributed by atoms with E-state index < -0.39 is 0 Å². The summed E-state index contributed by atoms with van der Waals surface area (Å²) < 4.78 is 5.49. The largest absolute Gasteiger partial charge is 0.399 e. The number of anilines is 2. The molecule has 3 N–H and O–H groups in total. The van der Waals surface area contributed by atoms with Crippen LogP contribution in [0.1, 0.15) is 25.8 Å². The molecule has 5 nitrogen and oxygen atoms in total. The zero-order valence-electron chi connectivity index (χ0n) is 13.5.